The number of carbonyl (C=O) groups is 1. The molecule has 0 aliphatic rings. The molecule has 3 rings (SSSR count). The minimum absolute atomic E-state index is 0.100. The van der Waals surface area contributed by atoms with E-state index in [0.717, 1.165) is 10.6 Å². The second kappa shape index (κ2) is 9.88. The largest absolute Gasteiger partial charge is 0.497 e. The lowest BCUT2D eigenvalue weighted by atomic mass is 10.3. The van der Waals surface area contributed by atoms with Crippen molar-refractivity contribution in [3.63, 3.8) is 0 Å². The van der Waals surface area contributed by atoms with Crippen LogP contribution in [0.2, 0.25) is 0 Å². The van der Waals surface area contributed by atoms with Crippen LogP contribution in [0.1, 0.15) is 4.88 Å². The average Bonchev–Trinajstić information content (AvgIpc) is 3.25. The molecule has 0 bridgehead atoms. The first-order chi connectivity index (χ1) is 14.0. The number of ether oxygens (including phenoxy) is 2. The predicted octanol–water partition coefficient (Wildman–Crippen LogP) is 3.48. The van der Waals surface area contributed by atoms with Gasteiger partial charge >= 0.3 is 0 Å². The molecular formula is C21H24N4O3S. The zero-order valence-electron chi connectivity index (χ0n) is 16.7. The molecule has 0 fully saturated rings. The van der Waals surface area contributed by atoms with Crippen molar-refractivity contribution >= 4 is 23.1 Å². The summed E-state index contributed by atoms with van der Waals surface area (Å²) >= 11 is 1.60. The summed E-state index contributed by atoms with van der Waals surface area (Å²) in [5.74, 6) is 2.59. The van der Waals surface area contributed by atoms with Crippen molar-refractivity contribution in [1.29, 1.82) is 0 Å². The molecule has 0 unspecified atom stereocenters. The van der Waals surface area contributed by atoms with E-state index in [1.54, 1.807) is 35.7 Å². The van der Waals surface area contributed by atoms with E-state index in [1.165, 1.54) is 0 Å². The highest BCUT2D eigenvalue weighted by atomic mass is 32.1. The maximum atomic E-state index is 12.3. The summed E-state index contributed by atoms with van der Waals surface area (Å²) in [4.78, 5) is 25.8. The fourth-order valence-corrected chi connectivity index (χ4v) is 3.27. The van der Waals surface area contributed by atoms with E-state index in [4.69, 9.17) is 9.47 Å². The lowest BCUT2D eigenvalue weighted by Crippen LogP contribution is -2.35. The number of aromatic nitrogens is 2. The zero-order chi connectivity index (χ0) is 20.6. The Hall–Kier alpha value is -3.13. The first kappa shape index (κ1) is 20.6. The van der Waals surface area contributed by atoms with E-state index in [-0.39, 0.29) is 5.91 Å². The molecular weight excluding hydrogens is 388 g/mol. The number of hydrogen-bond acceptors (Lipinski definition) is 7. The summed E-state index contributed by atoms with van der Waals surface area (Å²) in [5.41, 5.74) is 0. The Morgan fingerprint density at radius 3 is 2.52 bits per heavy atom. The van der Waals surface area contributed by atoms with Crippen molar-refractivity contribution in [1.82, 2.24) is 14.9 Å². The lowest BCUT2D eigenvalue weighted by Gasteiger charge is -2.23. The van der Waals surface area contributed by atoms with Gasteiger partial charge in [-0.2, -0.15) is 4.98 Å². The smallest absolute Gasteiger partial charge is 0.239 e. The molecule has 29 heavy (non-hydrogen) atoms. The van der Waals surface area contributed by atoms with Crippen molar-refractivity contribution in [2.45, 2.75) is 6.42 Å². The molecule has 7 nitrogen and oxygen atoms in total. The third kappa shape index (κ3) is 5.92. The molecule has 1 amide bonds. The highest BCUT2D eigenvalue weighted by Gasteiger charge is 2.12. The van der Waals surface area contributed by atoms with E-state index in [9.17, 15) is 4.79 Å². The number of nitrogens with zero attached hydrogens (tertiary/aromatic N) is 4. The third-order valence-corrected chi connectivity index (χ3v) is 5.25. The normalized spacial score (nSPS) is 10.4. The summed E-state index contributed by atoms with van der Waals surface area (Å²) in [6.45, 7) is 1.22. The van der Waals surface area contributed by atoms with E-state index in [0.29, 0.717) is 37.0 Å². The summed E-state index contributed by atoms with van der Waals surface area (Å²) in [7, 11) is 5.35. The number of hydrogen-bond donors (Lipinski definition) is 0. The molecule has 2 aromatic heterocycles. The number of rotatable bonds is 9. The van der Waals surface area contributed by atoms with E-state index < -0.39 is 0 Å². The molecule has 0 aliphatic carbocycles. The fraction of sp³-hybridized carbons (Fsp3) is 0.286. The maximum absolute atomic E-state index is 12.3. The zero-order valence-corrected chi connectivity index (χ0v) is 17.6. The number of benzene rings is 1. The topological polar surface area (TPSA) is 67.8 Å². The van der Waals surface area contributed by atoms with Gasteiger partial charge in [0.15, 0.2) is 5.82 Å². The van der Waals surface area contributed by atoms with Gasteiger partial charge in [-0.15, -0.1) is 11.3 Å². The maximum Gasteiger partial charge on any atom is 0.239 e. The summed E-state index contributed by atoms with van der Waals surface area (Å²) in [6.07, 6.45) is 3.68. The number of anilines is 1. The van der Waals surface area contributed by atoms with Gasteiger partial charge in [0, 0.05) is 32.1 Å². The molecule has 0 saturated heterocycles. The highest BCUT2D eigenvalue weighted by molar-refractivity contribution is 7.10. The molecule has 2 heterocycles. The Morgan fingerprint density at radius 1 is 1.07 bits per heavy atom. The first-order valence-corrected chi connectivity index (χ1v) is 10.0. The molecule has 0 radical (unpaired) electrons. The Morgan fingerprint density at radius 2 is 1.83 bits per heavy atom. The van der Waals surface area contributed by atoms with Gasteiger partial charge in [-0.25, -0.2) is 0 Å². The van der Waals surface area contributed by atoms with Crippen LogP contribution >= 0.6 is 11.3 Å². The molecule has 0 saturated carbocycles. The van der Waals surface area contributed by atoms with Crippen molar-refractivity contribution < 1.29 is 14.3 Å². The lowest BCUT2D eigenvalue weighted by molar-refractivity contribution is -0.129. The third-order valence-electron chi connectivity index (χ3n) is 4.37. The molecule has 0 atom stereocenters. The number of methoxy groups -OCH3 is 1. The van der Waals surface area contributed by atoms with Crippen molar-refractivity contribution in [3.8, 4) is 17.4 Å². The average molecular weight is 413 g/mol. The Labute approximate surface area is 174 Å². The summed E-state index contributed by atoms with van der Waals surface area (Å²) < 4.78 is 10.9. The number of amides is 1. The molecule has 3 aromatic rings. The standard InChI is InChI=1S/C21H24N4O3S/c1-24(10-11-25(2)21(26)13-18-5-4-12-29-18)19-14-22-15-20(23-19)28-17-8-6-16(27-3)7-9-17/h4-9,12,14-15H,10-11,13H2,1-3H3. The van der Waals surface area contributed by atoms with E-state index in [2.05, 4.69) is 9.97 Å². The molecule has 152 valence electrons. The molecule has 0 N–H and O–H groups in total. The van der Waals surface area contributed by atoms with Gasteiger partial charge in [-0.1, -0.05) is 6.07 Å². The van der Waals surface area contributed by atoms with Crippen molar-refractivity contribution in [2.24, 2.45) is 0 Å². The van der Waals surface area contributed by atoms with Crippen LogP contribution in [0.15, 0.2) is 54.2 Å². The van der Waals surface area contributed by atoms with Crippen LogP contribution in [0.25, 0.3) is 0 Å². The minimum atomic E-state index is 0.100. The summed E-state index contributed by atoms with van der Waals surface area (Å²) in [5, 5.41) is 1.98. The number of likely N-dealkylation sites (N-methyl/N-ethyl adjacent to an activating group) is 2. The van der Waals surface area contributed by atoms with E-state index >= 15 is 0 Å². The quantitative estimate of drug-likeness (QED) is 0.536. The Balaban J connectivity index is 1.54. The van der Waals surface area contributed by atoms with Crippen LogP contribution < -0.4 is 14.4 Å². The van der Waals surface area contributed by atoms with Gasteiger partial charge < -0.3 is 19.3 Å². The van der Waals surface area contributed by atoms with Gasteiger partial charge in [-0.3, -0.25) is 9.78 Å². The van der Waals surface area contributed by atoms with E-state index in [1.807, 2.05) is 60.8 Å². The highest BCUT2D eigenvalue weighted by Crippen LogP contribution is 2.23. The molecule has 8 heteroatoms. The fourth-order valence-electron chi connectivity index (χ4n) is 2.57. The molecule has 1 aromatic carbocycles. The van der Waals surface area contributed by atoms with Gasteiger partial charge in [0.05, 0.1) is 25.9 Å². The Bertz CT molecular complexity index is 916. The number of carbonyl (C=O) groups excluding carboxylic acids is 1. The predicted molar refractivity (Wildman–Crippen MR) is 114 cm³/mol. The van der Waals surface area contributed by atoms with Gasteiger partial charge in [0.25, 0.3) is 0 Å². The second-order valence-corrected chi connectivity index (χ2v) is 7.52. The van der Waals surface area contributed by atoms with Crippen LogP contribution in [0.5, 0.6) is 17.4 Å². The molecule has 0 aliphatic heterocycles. The van der Waals surface area contributed by atoms with Gasteiger partial charge in [0.1, 0.15) is 11.5 Å². The van der Waals surface area contributed by atoms with Gasteiger partial charge in [-0.05, 0) is 35.7 Å². The Kier molecular flexibility index (Phi) is 7.02. The van der Waals surface area contributed by atoms with Gasteiger partial charge in [0.2, 0.25) is 11.8 Å². The van der Waals surface area contributed by atoms with Crippen LogP contribution in [0.3, 0.4) is 0 Å². The first-order valence-electron chi connectivity index (χ1n) is 9.16. The van der Waals surface area contributed by atoms with Crippen LogP contribution in [-0.4, -0.2) is 55.1 Å². The van der Waals surface area contributed by atoms with Crippen molar-refractivity contribution in [2.75, 3.05) is 39.2 Å². The SMILES string of the molecule is COc1ccc(Oc2cncc(N(C)CCN(C)C(=O)Cc3cccs3)n2)cc1. The minimum Gasteiger partial charge on any atom is -0.497 e. The summed E-state index contributed by atoms with van der Waals surface area (Å²) in [6, 6.07) is 11.2. The van der Waals surface area contributed by atoms with Crippen LogP contribution in [0.4, 0.5) is 5.82 Å². The monoisotopic (exact) mass is 412 g/mol. The van der Waals surface area contributed by atoms with Crippen LogP contribution in [-0.2, 0) is 11.2 Å². The van der Waals surface area contributed by atoms with Crippen LogP contribution in [0, 0.1) is 0 Å². The molecule has 0 spiro atoms. The second-order valence-electron chi connectivity index (χ2n) is 6.49. The van der Waals surface area contributed by atoms with Crippen molar-refractivity contribution in [3.05, 3.63) is 59.0 Å². The number of thiophene rings is 1.